The highest BCUT2D eigenvalue weighted by Gasteiger charge is 2.15. The van der Waals surface area contributed by atoms with Crippen LogP contribution < -0.4 is 15.6 Å². The molecule has 3 aromatic rings. The summed E-state index contributed by atoms with van der Waals surface area (Å²) in [6.07, 6.45) is 0. The maximum Gasteiger partial charge on any atom is 0.266 e. The number of nitrogens with one attached hydrogen (secondary N) is 3. The number of sulfonamides is 1. The average molecular weight is 430 g/mol. The summed E-state index contributed by atoms with van der Waals surface area (Å²) in [4.78, 5) is 26.3. The van der Waals surface area contributed by atoms with E-state index in [1.807, 2.05) is 10.9 Å². The molecule has 0 atom stereocenters. The second-order valence-corrected chi connectivity index (χ2v) is 8.03. The van der Waals surface area contributed by atoms with Crippen molar-refractivity contribution in [2.75, 3.05) is 5.32 Å². The Bertz CT molecular complexity index is 1120. The van der Waals surface area contributed by atoms with Gasteiger partial charge in [-0.2, -0.15) is 0 Å². The number of rotatable bonds is 6. The van der Waals surface area contributed by atoms with Crippen LogP contribution in [0.4, 0.5) is 5.69 Å². The first-order valence-corrected chi connectivity index (χ1v) is 10.3. The molecule has 0 spiro atoms. The highest BCUT2D eigenvalue weighted by Crippen LogP contribution is 2.14. The van der Waals surface area contributed by atoms with Crippen LogP contribution in [0.2, 0.25) is 5.02 Å². The van der Waals surface area contributed by atoms with Gasteiger partial charge in [0.2, 0.25) is 0 Å². The number of benzene rings is 3. The predicted molar refractivity (Wildman–Crippen MR) is 110 cm³/mol. The van der Waals surface area contributed by atoms with E-state index in [0.29, 0.717) is 16.3 Å². The van der Waals surface area contributed by atoms with Gasteiger partial charge in [-0.05, 0) is 60.7 Å². The van der Waals surface area contributed by atoms with E-state index in [-0.39, 0.29) is 16.4 Å². The van der Waals surface area contributed by atoms with Gasteiger partial charge in [-0.15, -0.1) is 4.83 Å². The monoisotopic (exact) mass is 429 g/mol. The third kappa shape index (κ3) is 5.41. The van der Waals surface area contributed by atoms with E-state index in [2.05, 4.69) is 10.7 Å². The van der Waals surface area contributed by atoms with Crippen molar-refractivity contribution >= 4 is 39.1 Å². The number of hydrogen-bond acceptors (Lipinski definition) is 4. The van der Waals surface area contributed by atoms with Crippen LogP contribution in [0.15, 0.2) is 83.8 Å². The fraction of sp³-hybridized carbons (Fsp3) is 0. The Kier molecular flexibility index (Phi) is 6.28. The number of carbonyl (C=O) groups excluding carboxylic acids is 2. The Labute approximate surface area is 172 Å². The molecule has 0 aromatic heterocycles. The second kappa shape index (κ2) is 8.87. The zero-order chi connectivity index (χ0) is 20.9. The van der Waals surface area contributed by atoms with Crippen molar-refractivity contribution in [1.82, 2.24) is 10.3 Å². The van der Waals surface area contributed by atoms with Crippen LogP contribution in [-0.4, -0.2) is 20.2 Å². The number of amides is 2. The van der Waals surface area contributed by atoms with Crippen LogP contribution >= 0.6 is 11.6 Å². The van der Waals surface area contributed by atoms with Gasteiger partial charge in [0.25, 0.3) is 21.8 Å². The van der Waals surface area contributed by atoms with E-state index >= 15 is 0 Å². The molecule has 0 aliphatic carbocycles. The van der Waals surface area contributed by atoms with Gasteiger partial charge in [-0.25, -0.2) is 8.42 Å². The van der Waals surface area contributed by atoms with Gasteiger partial charge in [0.1, 0.15) is 0 Å². The van der Waals surface area contributed by atoms with Gasteiger partial charge < -0.3 is 5.32 Å². The third-order valence-electron chi connectivity index (χ3n) is 3.86. The molecule has 3 rings (SSSR count). The van der Waals surface area contributed by atoms with Crippen molar-refractivity contribution in [2.45, 2.75) is 4.90 Å². The summed E-state index contributed by atoms with van der Waals surface area (Å²) in [6.45, 7) is 0. The highest BCUT2D eigenvalue weighted by molar-refractivity contribution is 7.89. The Hall–Kier alpha value is -3.20. The van der Waals surface area contributed by atoms with E-state index in [1.165, 1.54) is 36.4 Å². The lowest BCUT2D eigenvalue weighted by atomic mass is 10.2. The molecule has 0 saturated heterocycles. The Morgan fingerprint density at radius 1 is 0.724 bits per heavy atom. The maximum atomic E-state index is 12.2. The van der Waals surface area contributed by atoms with E-state index in [4.69, 9.17) is 11.6 Å². The molecule has 0 fully saturated rings. The van der Waals surface area contributed by atoms with Gasteiger partial charge in [-0.1, -0.05) is 29.8 Å². The Morgan fingerprint density at radius 3 is 1.93 bits per heavy atom. The number of anilines is 1. The summed E-state index contributed by atoms with van der Waals surface area (Å²) >= 11 is 5.74. The van der Waals surface area contributed by atoms with E-state index < -0.39 is 15.9 Å². The third-order valence-corrected chi connectivity index (χ3v) is 5.38. The van der Waals surface area contributed by atoms with Crippen molar-refractivity contribution in [3.8, 4) is 0 Å². The first kappa shape index (κ1) is 20.5. The first-order chi connectivity index (χ1) is 13.8. The quantitative estimate of drug-likeness (QED) is 0.523. The lowest BCUT2D eigenvalue weighted by molar-refractivity contribution is 0.0944. The molecule has 7 nitrogen and oxygen atoms in total. The summed E-state index contributed by atoms with van der Waals surface area (Å²) in [5.41, 5.74) is 3.35. The molecule has 0 aliphatic rings. The van der Waals surface area contributed by atoms with Gasteiger partial charge in [0, 0.05) is 21.8 Å². The summed E-state index contributed by atoms with van der Waals surface area (Å²) in [7, 11) is -3.93. The number of hydrogen-bond donors (Lipinski definition) is 3. The molecule has 0 aliphatic heterocycles. The fourth-order valence-electron chi connectivity index (χ4n) is 2.36. The summed E-state index contributed by atoms with van der Waals surface area (Å²) in [5.74, 6) is -0.929. The van der Waals surface area contributed by atoms with Crippen LogP contribution in [-0.2, 0) is 10.0 Å². The number of carbonyl (C=O) groups is 2. The van der Waals surface area contributed by atoms with Crippen LogP contribution in [0.3, 0.4) is 0 Å². The van der Waals surface area contributed by atoms with Gasteiger partial charge in [0.15, 0.2) is 0 Å². The molecular formula is C20H16ClN3O4S. The van der Waals surface area contributed by atoms with Crippen molar-refractivity contribution in [1.29, 1.82) is 0 Å². The van der Waals surface area contributed by atoms with Crippen LogP contribution in [0.1, 0.15) is 20.7 Å². The minimum absolute atomic E-state index is 0.0406. The zero-order valence-electron chi connectivity index (χ0n) is 14.9. The molecule has 0 bridgehead atoms. The van der Waals surface area contributed by atoms with Crippen molar-refractivity contribution in [3.05, 3.63) is 95.0 Å². The zero-order valence-corrected chi connectivity index (χ0v) is 16.5. The van der Waals surface area contributed by atoms with Crippen molar-refractivity contribution < 1.29 is 18.0 Å². The molecule has 3 aromatic carbocycles. The molecule has 0 unspecified atom stereocenters. The SMILES string of the molecule is O=C(NNS(=O)(=O)c1ccc(Cl)cc1)c1ccc(NC(=O)c2ccccc2)cc1. The lowest BCUT2D eigenvalue weighted by Crippen LogP contribution is -2.41. The molecule has 148 valence electrons. The standard InChI is InChI=1S/C20H16ClN3O4S/c21-16-8-12-18(13-9-16)29(27,28)24-23-20(26)15-6-10-17(11-7-15)22-19(25)14-4-2-1-3-5-14/h1-13,24H,(H,22,25)(H,23,26). The minimum atomic E-state index is -3.93. The Morgan fingerprint density at radius 2 is 1.31 bits per heavy atom. The molecule has 0 saturated carbocycles. The minimum Gasteiger partial charge on any atom is -0.322 e. The van der Waals surface area contributed by atoms with E-state index in [0.717, 1.165) is 0 Å². The summed E-state index contributed by atoms with van der Waals surface area (Å²) in [5, 5.41) is 3.11. The van der Waals surface area contributed by atoms with Gasteiger partial charge in [-0.3, -0.25) is 15.0 Å². The number of hydrazine groups is 1. The average Bonchev–Trinajstić information content (AvgIpc) is 2.73. The molecule has 3 N–H and O–H groups in total. The summed E-state index contributed by atoms with van der Waals surface area (Å²) < 4.78 is 24.3. The van der Waals surface area contributed by atoms with E-state index in [9.17, 15) is 18.0 Å². The van der Waals surface area contributed by atoms with Crippen molar-refractivity contribution in [2.24, 2.45) is 0 Å². The predicted octanol–water partition coefficient (Wildman–Crippen LogP) is 3.22. The summed E-state index contributed by atoms with van der Waals surface area (Å²) in [6, 6.07) is 20.2. The molecule has 29 heavy (non-hydrogen) atoms. The highest BCUT2D eigenvalue weighted by atomic mass is 35.5. The maximum absolute atomic E-state index is 12.2. The topological polar surface area (TPSA) is 104 Å². The van der Waals surface area contributed by atoms with Crippen LogP contribution in [0, 0.1) is 0 Å². The number of halogens is 1. The van der Waals surface area contributed by atoms with Gasteiger partial charge in [0.05, 0.1) is 4.90 Å². The van der Waals surface area contributed by atoms with E-state index in [1.54, 1.807) is 36.4 Å². The van der Waals surface area contributed by atoms with Crippen LogP contribution in [0.5, 0.6) is 0 Å². The molecule has 0 radical (unpaired) electrons. The van der Waals surface area contributed by atoms with Crippen LogP contribution in [0.25, 0.3) is 0 Å². The molecule has 0 heterocycles. The van der Waals surface area contributed by atoms with Gasteiger partial charge >= 0.3 is 0 Å². The largest absolute Gasteiger partial charge is 0.322 e. The normalized spacial score (nSPS) is 10.9. The second-order valence-electron chi connectivity index (χ2n) is 5.91. The first-order valence-electron chi connectivity index (χ1n) is 8.39. The molecule has 9 heteroatoms. The smallest absolute Gasteiger partial charge is 0.266 e. The lowest BCUT2D eigenvalue weighted by Gasteiger charge is -2.09. The molecule has 2 amide bonds. The molecular weight excluding hydrogens is 414 g/mol. The Balaban J connectivity index is 1.60. The van der Waals surface area contributed by atoms with Crippen molar-refractivity contribution in [3.63, 3.8) is 0 Å². The fourth-order valence-corrected chi connectivity index (χ4v) is 3.32.